The summed E-state index contributed by atoms with van der Waals surface area (Å²) in [6.45, 7) is 0. The molecule has 0 atom stereocenters. The van der Waals surface area contributed by atoms with E-state index in [2.05, 4.69) is 5.32 Å². The van der Waals surface area contributed by atoms with Crippen LogP contribution in [-0.4, -0.2) is 42.2 Å². The molecule has 11 heteroatoms. The van der Waals surface area contributed by atoms with E-state index in [9.17, 15) is 19.5 Å². The van der Waals surface area contributed by atoms with Crippen LogP contribution in [0.5, 0.6) is 11.5 Å². The van der Waals surface area contributed by atoms with Gasteiger partial charge in [-0.2, -0.15) is 0 Å². The van der Waals surface area contributed by atoms with Gasteiger partial charge in [0.05, 0.1) is 30.5 Å². The smallest absolute Gasteiger partial charge is 0.335 e. The molecule has 3 aromatic rings. The number of hydrogen-bond donors (Lipinski definition) is 2. The van der Waals surface area contributed by atoms with E-state index in [-0.39, 0.29) is 32.8 Å². The molecule has 1 aliphatic heterocycles. The summed E-state index contributed by atoms with van der Waals surface area (Å²) < 4.78 is 16.3. The highest BCUT2D eigenvalue weighted by Crippen LogP contribution is 2.35. The van der Waals surface area contributed by atoms with E-state index in [1.54, 1.807) is 24.3 Å². The number of carboxylic acid groups (broad SMARTS) is 1. The molecule has 0 bridgehead atoms. The van der Waals surface area contributed by atoms with Crippen molar-refractivity contribution in [2.45, 2.75) is 0 Å². The molecule has 35 heavy (non-hydrogen) atoms. The largest absolute Gasteiger partial charge is 0.497 e. The van der Waals surface area contributed by atoms with Crippen LogP contribution in [0.4, 0.5) is 5.69 Å². The minimum Gasteiger partial charge on any atom is -0.497 e. The molecule has 1 aromatic heterocycles. The van der Waals surface area contributed by atoms with E-state index in [1.807, 2.05) is 0 Å². The van der Waals surface area contributed by atoms with Crippen molar-refractivity contribution in [3.63, 3.8) is 0 Å². The first kappa shape index (κ1) is 24.0. The number of benzene rings is 2. The van der Waals surface area contributed by atoms with Gasteiger partial charge in [0.1, 0.15) is 28.6 Å². The van der Waals surface area contributed by atoms with Crippen molar-refractivity contribution in [1.82, 2.24) is 5.32 Å². The van der Waals surface area contributed by atoms with Gasteiger partial charge in [-0.15, -0.1) is 0 Å². The Labute approximate surface area is 209 Å². The van der Waals surface area contributed by atoms with Gasteiger partial charge in [-0.1, -0.05) is 11.6 Å². The molecule has 0 unspecified atom stereocenters. The molecular formula is C24H17ClN2O7S. The van der Waals surface area contributed by atoms with Gasteiger partial charge in [-0.25, -0.2) is 9.69 Å². The Kier molecular flexibility index (Phi) is 6.59. The van der Waals surface area contributed by atoms with Gasteiger partial charge in [0.25, 0.3) is 11.8 Å². The van der Waals surface area contributed by atoms with Crippen molar-refractivity contribution in [3.8, 4) is 22.8 Å². The lowest BCUT2D eigenvalue weighted by Gasteiger charge is -2.29. The molecule has 1 aliphatic rings. The number of aromatic carboxylic acids is 1. The third kappa shape index (κ3) is 4.61. The van der Waals surface area contributed by atoms with Crippen molar-refractivity contribution in [2.75, 3.05) is 19.1 Å². The fourth-order valence-electron chi connectivity index (χ4n) is 3.41. The highest BCUT2D eigenvalue weighted by atomic mass is 35.5. The SMILES string of the molecule is COc1ccc(N2C(=O)/C(=C\c3ccc(-c4cc(C(=O)O)ccc4Cl)o3)C(=O)NC2=S)c(OC)c1. The Morgan fingerprint density at radius 1 is 1.11 bits per heavy atom. The van der Waals surface area contributed by atoms with Gasteiger partial charge in [0, 0.05) is 11.6 Å². The number of halogens is 1. The fraction of sp³-hybridized carbons (Fsp3) is 0.0833. The molecule has 178 valence electrons. The number of carbonyl (C=O) groups is 3. The van der Waals surface area contributed by atoms with Crippen LogP contribution >= 0.6 is 23.8 Å². The van der Waals surface area contributed by atoms with Crippen LogP contribution in [0, 0.1) is 0 Å². The summed E-state index contributed by atoms with van der Waals surface area (Å²) in [7, 11) is 2.93. The lowest BCUT2D eigenvalue weighted by molar-refractivity contribution is -0.122. The normalized spacial score (nSPS) is 14.8. The second-order valence-electron chi connectivity index (χ2n) is 7.20. The number of nitrogens with one attached hydrogen (secondary N) is 1. The highest BCUT2D eigenvalue weighted by Gasteiger charge is 2.36. The van der Waals surface area contributed by atoms with E-state index >= 15 is 0 Å². The first-order valence-corrected chi connectivity index (χ1v) is 10.8. The molecule has 0 saturated carbocycles. The summed E-state index contributed by atoms with van der Waals surface area (Å²) in [6.07, 6.45) is 1.26. The molecule has 2 heterocycles. The number of carboxylic acids is 1. The number of hydrogen-bond acceptors (Lipinski definition) is 7. The highest BCUT2D eigenvalue weighted by molar-refractivity contribution is 7.80. The maximum absolute atomic E-state index is 13.3. The number of carbonyl (C=O) groups excluding carboxylic acids is 2. The van der Waals surface area contributed by atoms with Gasteiger partial charge >= 0.3 is 5.97 Å². The van der Waals surface area contributed by atoms with Crippen LogP contribution in [0.15, 0.2) is 58.5 Å². The Morgan fingerprint density at radius 3 is 2.57 bits per heavy atom. The van der Waals surface area contributed by atoms with E-state index in [0.29, 0.717) is 22.7 Å². The zero-order valence-electron chi connectivity index (χ0n) is 18.3. The minimum atomic E-state index is -1.12. The van der Waals surface area contributed by atoms with Gasteiger partial charge in [0.2, 0.25) is 0 Å². The standard InChI is InChI=1S/C24H17ClN2O7S/c1-32-13-4-7-18(20(11-13)33-2)27-22(29)16(21(28)26-24(27)35)10-14-5-8-19(34-14)15-9-12(23(30)31)3-6-17(15)25/h3-11H,1-2H3,(H,30,31)(H,26,28,35)/b16-10-. The molecule has 0 spiro atoms. The molecule has 4 rings (SSSR count). The molecule has 1 fully saturated rings. The first-order valence-electron chi connectivity index (χ1n) is 10.00. The number of thiocarbonyl (C=S) groups is 1. The predicted octanol–water partition coefficient (Wildman–Crippen LogP) is 4.15. The third-order valence-electron chi connectivity index (χ3n) is 5.12. The topological polar surface area (TPSA) is 118 Å². The van der Waals surface area contributed by atoms with Crippen LogP contribution in [0.3, 0.4) is 0 Å². The minimum absolute atomic E-state index is 0.0279. The number of rotatable bonds is 6. The summed E-state index contributed by atoms with van der Waals surface area (Å²) in [5.74, 6) is -1.26. The van der Waals surface area contributed by atoms with Crippen molar-refractivity contribution >= 4 is 58.5 Å². The molecular weight excluding hydrogens is 496 g/mol. The second-order valence-corrected chi connectivity index (χ2v) is 7.99. The van der Waals surface area contributed by atoms with Gasteiger partial charge in [-0.05, 0) is 60.8 Å². The molecule has 1 saturated heterocycles. The summed E-state index contributed by atoms with van der Waals surface area (Å²) in [6, 6.07) is 12.1. The van der Waals surface area contributed by atoms with Crippen molar-refractivity contribution in [1.29, 1.82) is 0 Å². The van der Waals surface area contributed by atoms with Crippen LogP contribution in [0.2, 0.25) is 5.02 Å². The average Bonchev–Trinajstić information content (AvgIpc) is 3.30. The number of methoxy groups -OCH3 is 2. The Bertz CT molecular complexity index is 1410. The third-order valence-corrected chi connectivity index (χ3v) is 5.74. The number of anilines is 1. The number of amides is 2. The molecule has 0 aliphatic carbocycles. The van der Waals surface area contributed by atoms with E-state index in [0.717, 1.165) is 4.90 Å². The van der Waals surface area contributed by atoms with Crippen molar-refractivity contribution in [2.24, 2.45) is 0 Å². The maximum Gasteiger partial charge on any atom is 0.335 e. The quantitative estimate of drug-likeness (QED) is 0.287. The summed E-state index contributed by atoms with van der Waals surface area (Å²) in [4.78, 5) is 38.4. The lowest BCUT2D eigenvalue weighted by atomic mass is 10.1. The number of furan rings is 1. The summed E-state index contributed by atoms with van der Waals surface area (Å²) in [5.41, 5.74) is 0.455. The molecule has 2 N–H and O–H groups in total. The molecule has 9 nitrogen and oxygen atoms in total. The number of ether oxygens (including phenoxy) is 2. The second kappa shape index (κ2) is 9.61. The van der Waals surface area contributed by atoms with E-state index in [4.69, 9.17) is 37.7 Å². The predicted molar refractivity (Wildman–Crippen MR) is 132 cm³/mol. The Morgan fingerprint density at radius 2 is 1.89 bits per heavy atom. The van der Waals surface area contributed by atoms with Crippen LogP contribution in [0.1, 0.15) is 16.1 Å². The molecule has 2 aromatic carbocycles. The van der Waals surface area contributed by atoms with E-state index in [1.165, 1.54) is 44.6 Å². The maximum atomic E-state index is 13.3. The Hall–Kier alpha value is -4.15. The zero-order chi connectivity index (χ0) is 25.3. The average molecular weight is 513 g/mol. The number of nitrogens with zero attached hydrogens (tertiary/aromatic N) is 1. The Balaban J connectivity index is 1.71. The fourth-order valence-corrected chi connectivity index (χ4v) is 3.90. The monoisotopic (exact) mass is 512 g/mol. The summed E-state index contributed by atoms with van der Waals surface area (Å²) >= 11 is 11.4. The van der Waals surface area contributed by atoms with Crippen molar-refractivity contribution < 1.29 is 33.4 Å². The van der Waals surface area contributed by atoms with Gasteiger partial charge < -0.3 is 19.0 Å². The van der Waals surface area contributed by atoms with Gasteiger partial charge in [-0.3, -0.25) is 14.9 Å². The van der Waals surface area contributed by atoms with Crippen molar-refractivity contribution in [3.05, 3.63) is 70.5 Å². The molecule has 2 amide bonds. The first-order chi connectivity index (χ1) is 16.7. The van der Waals surface area contributed by atoms with Crippen LogP contribution in [0.25, 0.3) is 17.4 Å². The molecule has 0 radical (unpaired) electrons. The zero-order valence-corrected chi connectivity index (χ0v) is 19.9. The summed E-state index contributed by atoms with van der Waals surface area (Å²) in [5, 5.41) is 11.9. The van der Waals surface area contributed by atoms with Gasteiger partial charge in [0.15, 0.2) is 5.11 Å². The van der Waals surface area contributed by atoms with Crippen LogP contribution < -0.4 is 19.7 Å². The van der Waals surface area contributed by atoms with Crippen LogP contribution in [-0.2, 0) is 9.59 Å². The lowest BCUT2D eigenvalue weighted by Crippen LogP contribution is -2.54. The van der Waals surface area contributed by atoms with E-state index < -0.39 is 17.8 Å².